The van der Waals surface area contributed by atoms with Gasteiger partial charge in [0.2, 0.25) is 0 Å². The fraction of sp³-hybridized carbons (Fsp3) is 0.167. The van der Waals surface area contributed by atoms with Gasteiger partial charge in [-0.1, -0.05) is 48.5 Å². The van der Waals surface area contributed by atoms with Crippen LogP contribution in [0.2, 0.25) is 0 Å². The fourth-order valence-electron chi connectivity index (χ4n) is 3.22. The summed E-state index contributed by atoms with van der Waals surface area (Å²) in [5, 5.41) is 0. The fourth-order valence-corrected chi connectivity index (χ4v) is 3.22. The highest BCUT2D eigenvalue weighted by atomic mass is 16.2. The molecule has 2 heteroatoms. The first kappa shape index (κ1) is 11.5. The maximum atomic E-state index is 12.8. The minimum Gasteiger partial charge on any atom is -0.301 e. The minimum atomic E-state index is 0.133. The van der Waals surface area contributed by atoms with Crippen LogP contribution in [-0.2, 0) is 11.2 Å². The second kappa shape index (κ2) is 4.34. The van der Waals surface area contributed by atoms with Gasteiger partial charge in [0.05, 0.1) is 6.04 Å². The molecule has 2 aromatic rings. The van der Waals surface area contributed by atoms with Crippen molar-refractivity contribution in [3.05, 3.63) is 71.8 Å². The molecule has 0 N–H and O–H groups in total. The van der Waals surface area contributed by atoms with E-state index < -0.39 is 0 Å². The van der Waals surface area contributed by atoms with Gasteiger partial charge < -0.3 is 4.90 Å². The van der Waals surface area contributed by atoms with E-state index in [0.29, 0.717) is 0 Å². The van der Waals surface area contributed by atoms with Crippen molar-refractivity contribution in [2.24, 2.45) is 0 Å². The van der Waals surface area contributed by atoms with Crippen LogP contribution in [0, 0.1) is 0 Å². The molecule has 0 saturated carbocycles. The number of aryl methyl sites for hydroxylation is 1. The second-order valence-corrected chi connectivity index (χ2v) is 5.36. The van der Waals surface area contributed by atoms with Crippen molar-refractivity contribution in [3.8, 4) is 0 Å². The summed E-state index contributed by atoms with van der Waals surface area (Å²) in [5.41, 5.74) is 4.22. The number of benzene rings is 2. The van der Waals surface area contributed by atoms with Crippen molar-refractivity contribution in [3.63, 3.8) is 0 Å². The van der Waals surface area contributed by atoms with Crippen molar-refractivity contribution >= 4 is 17.2 Å². The number of rotatable bonds is 1. The highest BCUT2D eigenvalue weighted by molar-refractivity contribution is 6.29. The zero-order valence-corrected chi connectivity index (χ0v) is 11.1. The van der Waals surface area contributed by atoms with Gasteiger partial charge >= 0.3 is 0 Å². The molecule has 1 amide bonds. The van der Waals surface area contributed by atoms with E-state index in [4.69, 9.17) is 0 Å². The predicted molar refractivity (Wildman–Crippen MR) is 80.5 cm³/mol. The van der Waals surface area contributed by atoms with Crippen molar-refractivity contribution in [1.29, 1.82) is 0 Å². The highest BCUT2D eigenvalue weighted by Crippen LogP contribution is 2.38. The number of anilines is 1. The highest BCUT2D eigenvalue weighted by Gasteiger charge is 2.37. The van der Waals surface area contributed by atoms with Crippen molar-refractivity contribution in [2.75, 3.05) is 4.90 Å². The monoisotopic (exact) mass is 261 g/mol. The largest absolute Gasteiger partial charge is 0.301 e. The van der Waals surface area contributed by atoms with Crippen LogP contribution in [0.4, 0.5) is 5.69 Å². The summed E-state index contributed by atoms with van der Waals surface area (Å²) in [6, 6.07) is 18.4. The van der Waals surface area contributed by atoms with E-state index in [2.05, 4.69) is 18.2 Å². The smallest absolute Gasteiger partial charge is 0.259 e. The lowest BCUT2D eigenvalue weighted by molar-refractivity contribution is -0.113. The van der Waals surface area contributed by atoms with Gasteiger partial charge in [-0.3, -0.25) is 4.79 Å². The lowest BCUT2D eigenvalue weighted by Crippen LogP contribution is -2.38. The lowest BCUT2D eigenvalue weighted by atomic mass is 9.97. The van der Waals surface area contributed by atoms with E-state index in [1.807, 2.05) is 47.4 Å². The Morgan fingerprint density at radius 2 is 1.70 bits per heavy atom. The molecular weight excluding hydrogens is 246 g/mol. The maximum absolute atomic E-state index is 12.8. The Bertz CT molecular complexity index is 702. The third-order valence-electron chi connectivity index (χ3n) is 4.19. The molecule has 1 atom stereocenters. The third kappa shape index (κ3) is 1.61. The molecule has 20 heavy (non-hydrogen) atoms. The van der Waals surface area contributed by atoms with E-state index >= 15 is 0 Å². The first-order chi connectivity index (χ1) is 9.84. The molecule has 0 aliphatic carbocycles. The first-order valence-corrected chi connectivity index (χ1v) is 7.03. The number of amides is 1. The van der Waals surface area contributed by atoms with E-state index in [1.54, 1.807) is 0 Å². The molecule has 0 bridgehead atoms. The molecule has 4 rings (SSSR count). The van der Waals surface area contributed by atoms with Crippen molar-refractivity contribution < 1.29 is 4.79 Å². The van der Waals surface area contributed by atoms with E-state index in [1.165, 1.54) is 5.56 Å². The number of hydrogen-bond acceptors (Lipinski definition) is 1. The molecule has 2 aliphatic rings. The van der Waals surface area contributed by atoms with Crippen molar-refractivity contribution in [1.82, 2.24) is 0 Å². The van der Waals surface area contributed by atoms with E-state index in [0.717, 1.165) is 29.7 Å². The zero-order valence-electron chi connectivity index (χ0n) is 11.1. The summed E-state index contributed by atoms with van der Waals surface area (Å²) < 4.78 is 0. The summed E-state index contributed by atoms with van der Waals surface area (Å²) in [6.07, 6.45) is 4.19. The maximum Gasteiger partial charge on any atom is 0.259 e. The van der Waals surface area contributed by atoms with Gasteiger partial charge in [-0.15, -0.1) is 0 Å². The Balaban J connectivity index is 1.78. The van der Waals surface area contributed by atoms with E-state index in [9.17, 15) is 4.79 Å². The molecule has 0 spiro atoms. The molecule has 2 aromatic carbocycles. The first-order valence-electron chi connectivity index (χ1n) is 7.03. The van der Waals surface area contributed by atoms with Crippen LogP contribution in [0.3, 0.4) is 0 Å². The van der Waals surface area contributed by atoms with Gasteiger partial charge in [0.15, 0.2) is 0 Å². The van der Waals surface area contributed by atoms with Gasteiger partial charge in [-0.25, -0.2) is 0 Å². The third-order valence-corrected chi connectivity index (χ3v) is 4.19. The van der Waals surface area contributed by atoms with Crippen LogP contribution < -0.4 is 4.90 Å². The number of fused-ring (bicyclic) bond motifs is 3. The number of carbonyl (C=O) groups excluding carboxylic acids is 1. The summed E-state index contributed by atoms with van der Waals surface area (Å²) in [6.45, 7) is 0. The average molecular weight is 261 g/mol. The average Bonchev–Trinajstić information content (AvgIpc) is 2.86. The molecule has 0 radical (unpaired) electrons. The SMILES string of the molecule is O=C1C(c2ccccc2)=CC2CCc3ccccc3N12. The molecule has 2 nitrogen and oxygen atoms in total. The number of para-hydroxylation sites is 1. The van der Waals surface area contributed by atoms with Crippen LogP contribution in [0.25, 0.3) is 5.57 Å². The van der Waals surface area contributed by atoms with Gasteiger partial charge in [0.25, 0.3) is 5.91 Å². The second-order valence-electron chi connectivity index (χ2n) is 5.36. The summed E-state index contributed by atoms with van der Waals surface area (Å²) in [7, 11) is 0. The van der Waals surface area contributed by atoms with Gasteiger partial charge in [0.1, 0.15) is 0 Å². The normalized spacial score (nSPS) is 20.4. The molecule has 0 saturated heterocycles. The van der Waals surface area contributed by atoms with Crippen LogP contribution in [-0.4, -0.2) is 11.9 Å². The summed E-state index contributed by atoms with van der Waals surface area (Å²) in [5.74, 6) is 0.133. The quantitative estimate of drug-likeness (QED) is 0.770. The van der Waals surface area contributed by atoms with Crippen LogP contribution in [0.5, 0.6) is 0 Å². The molecule has 2 heterocycles. The Labute approximate surface area is 118 Å². The Kier molecular flexibility index (Phi) is 2.49. The lowest BCUT2D eigenvalue weighted by Gasteiger charge is -2.31. The standard InChI is InChI=1S/C18H15NO/c20-18-16(13-6-2-1-3-7-13)12-15-11-10-14-8-4-5-9-17(14)19(15)18/h1-9,12,15H,10-11H2. The molecular formula is C18H15NO. The molecule has 0 fully saturated rings. The summed E-state index contributed by atoms with van der Waals surface area (Å²) >= 11 is 0. The number of nitrogens with zero attached hydrogens (tertiary/aromatic N) is 1. The van der Waals surface area contributed by atoms with Gasteiger partial charge in [-0.05, 0) is 36.1 Å². The number of hydrogen-bond donors (Lipinski definition) is 0. The predicted octanol–water partition coefficient (Wildman–Crippen LogP) is 3.43. The van der Waals surface area contributed by atoms with Crippen molar-refractivity contribution in [2.45, 2.75) is 18.9 Å². The van der Waals surface area contributed by atoms with Gasteiger partial charge in [0, 0.05) is 11.3 Å². The topological polar surface area (TPSA) is 20.3 Å². The summed E-state index contributed by atoms with van der Waals surface area (Å²) in [4.78, 5) is 14.7. The minimum absolute atomic E-state index is 0.133. The van der Waals surface area contributed by atoms with Crippen LogP contribution in [0.15, 0.2) is 60.7 Å². The van der Waals surface area contributed by atoms with Crippen LogP contribution in [0.1, 0.15) is 17.5 Å². The Morgan fingerprint density at radius 1 is 0.950 bits per heavy atom. The number of carbonyl (C=O) groups is 1. The molecule has 1 unspecified atom stereocenters. The zero-order chi connectivity index (χ0) is 13.5. The van der Waals surface area contributed by atoms with Crippen LogP contribution >= 0.6 is 0 Å². The Hall–Kier alpha value is -2.35. The molecule has 2 aliphatic heterocycles. The van der Waals surface area contributed by atoms with Gasteiger partial charge in [-0.2, -0.15) is 0 Å². The molecule has 98 valence electrons. The Morgan fingerprint density at radius 3 is 2.55 bits per heavy atom. The van der Waals surface area contributed by atoms with E-state index in [-0.39, 0.29) is 11.9 Å². The molecule has 0 aromatic heterocycles.